The third-order valence-electron chi connectivity index (χ3n) is 4.61. The molecule has 1 N–H and O–H groups in total. The van der Waals surface area contributed by atoms with E-state index in [1.54, 1.807) is 6.07 Å². The second-order valence-corrected chi connectivity index (χ2v) is 7.99. The summed E-state index contributed by atoms with van der Waals surface area (Å²) in [5.41, 5.74) is 6.03. The second kappa shape index (κ2) is 9.44. The first-order valence-electron chi connectivity index (χ1n) is 9.73. The van der Waals surface area contributed by atoms with Crippen molar-refractivity contribution in [2.75, 3.05) is 12.5 Å². The van der Waals surface area contributed by atoms with Crippen LogP contribution < -0.4 is 14.9 Å². The average molecular weight is 449 g/mol. The molecule has 1 heterocycles. The van der Waals surface area contributed by atoms with Crippen molar-refractivity contribution < 1.29 is 14.4 Å². The van der Waals surface area contributed by atoms with E-state index in [9.17, 15) is 10.1 Å². The fourth-order valence-corrected chi connectivity index (χ4v) is 3.97. The number of aryl methyl sites for hydroxylation is 1. The minimum atomic E-state index is -0.494. The van der Waals surface area contributed by atoms with Gasteiger partial charge in [-0.25, -0.2) is 4.98 Å². The molecule has 162 valence electrons. The molecule has 4 rings (SSSR count). The first kappa shape index (κ1) is 21.3. The molecule has 0 aliphatic rings. The standard InChI is InChI=1S/C23H20N4O4S/c1-15-6-5-7-16(10-15)14-31-22-19(27(28)29)11-17(12-20(22)30-2)13-24-26-23-25-18-8-3-4-9-21(18)32-23/h3-13H,14H2,1-2H3,(H,25,26)/b24-13-. The molecule has 4 aromatic rings. The predicted octanol–water partition coefficient (Wildman–Crippen LogP) is 5.55. The van der Waals surface area contributed by atoms with Crippen molar-refractivity contribution in [1.29, 1.82) is 0 Å². The normalized spacial score (nSPS) is 11.1. The lowest BCUT2D eigenvalue weighted by Crippen LogP contribution is -2.03. The molecule has 0 atom stereocenters. The van der Waals surface area contributed by atoms with Crippen LogP contribution in [0.3, 0.4) is 0 Å². The summed E-state index contributed by atoms with van der Waals surface area (Å²) in [5.74, 6) is 0.337. The minimum absolute atomic E-state index is 0.0790. The number of methoxy groups -OCH3 is 1. The van der Waals surface area contributed by atoms with E-state index in [1.807, 2.05) is 55.5 Å². The van der Waals surface area contributed by atoms with Crippen LogP contribution in [-0.4, -0.2) is 23.2 Å². The van der Waals surface area contributed by atoms with Gasteiger partial charge in [0.15, 0.2) is 5.75 Å². The van der Waals surface area contributed by atoms with Crippen molar-refractivity contribution in [3.63, 3.8) is 0 Å². The summed E-state index contributed by atoms with van der Waals surface area (Å²) in [6.07, 6.45) is 1.48. The van der Waals surface area contributed by atoms with Gasteiger partial charge in [0.25, 0.3) is 0 Å². The van der Waals surface area contributed by atoms with E-state index < -0.39 is 4.92 Å². The number of hydrogen-bond acceptors (Lipinski definition) is 8. The highest BCUT2D eigenvalue weighted by Gasteiger charge is 2.22. The lowest BCUT2D eigenvalue weighted by molar-refractivity contribution is -0.386. The summed E-state index contributed by atoms with van der Waals surface area (Å²) in [6.45, 7) is 2.16. The van der Waals surface area contributed by atoms with Gasteiger partial charge in [0.2, 0.25) is 10.9 Å². The van der Waals surface area contributed by atoms with E-state index in [0.717, 1.165) is 21.3 Å². The molecule has 8 nitrogen and oxygen atoms in total. The van der Waals surface area contributed by atoms with E-state index in [2.05, 4.69) is 15.5 Å². The topological polar surface area (TPSA) is 98.9 Å². The van der Waals surface area contributed by atoms with Gasteiger partial charge in [-0.3, -0.25) is 15.5 Å². The molecule has 0 aliphatic carbocycles. The molecule has 0 amide bonds. The molecule has 0 bridgehead atoms. The molecular formula is C23H20N4O4S. The summed E-state index contributed by atoms with van der Waals surface area (Å²) < 4.78 is 12.2. The first-order chi connectivity index (χ1) is 15.5. The highest BCUT2D eigenvalue weighted by atomic mass is 32.1. The first-order valence-corrected chi connectivity index (χ1v) is 10.5. The van der Waals surface area contributed by atoms with Crippen LogP contribution in [0.2, 0.25) is 0 Å². The third kappa shape index (κ3) is 4.84. The Morgan fingerprint density at radius 3 is 2.78 bits per heavy atom. The summed E-state index contributed by atoms with van der Waals surface area (Å²) in [4.78, 5) is 15.6. The molecule has 0 radical (unpaired) electrons. The molecule has 0 saturated carbocycles. The number of ether oxygens (including phenoxy) is 2. The Kier molecular flexibility index (Phi) is 6.27. The molecular weight excluding hydrogens is 428 g/mol. The maximum atomic E-state index is 11.7. The van der Waals surface area contributed by atoms with Crippen LogP contribution in [-0.2, 0) is 6.61 Å². The SMILES string of the molecule is COc1cc(/C=N\Nc2nc3ccccc3s2)cc([N+](=O)[O-])c1OCc1cccc(C)c1. The van der Waals surface area contributed by atoms with Crippen molar-refractivity contribution in [3.05, 3.63) is 87.5 Å². The van der Waals surface area contributed by atoms with Crippen LogP contribution in [0.25, 0.3) is 10.2 Å². The lowest BCUT2D eigenvalue weighted by atomic mass is 10.1. The quantitative estimate of drug-likeness (QED) is 0.216. The summed E-state index contributed by atoms with van der Waals surface area (Å²) in [6, 6.07) is 18.6. The summed E-state index contributed by atoms with van der Waals surface area (Å²) in [5, 5.41) is 16.5. The van der Waals surface area contributed by atoms with E-state index in [1.165, 1.54) is 30.7 Å². The van der Waals surface area contributed by atoms with Crippen molar-refractivity contribution in [3.8, 4) is 11.5 Å². The van der Waals surface area contributed by atoms with Gasteiger partial charge < -0.3 is 9.47 Å². The zero-order valence-electron chi connectivity index (χ0n) is 17.4. The van der Waals surface area contributed by atoms with E-state index in [0.29, 0.717) is 10.7 Å². The molecule has 0 aliphatic heterocycles. The monoisotopic (exact) mass is 448 g/mol. The number of fused-ring (bicyclic) bond motifs is 1. The Labute approximate surface area is 188 Å². The van der Waals surface area contributed by atoms with Gasteiger partial charge >= 0.3 is 5.69 Å². The molecule has 0 unspecified atom stereocenters. The fourth-order valence-electron chi connectivity index (χ4n) is 3.15. The Morgan fingerprint density at radius 2 is 2.03 bits per heavy atom. The number of hydrazone groups is 1. The number of nitro groups is 1. The minimum Gasteiger partial charge on any atom is -0.493 e. The molecule has 9 heteroatoms. The number of aromatic nitrogens is 1. The largest absolute Gasteiger partial charge is 0.493 e. The molecule has 32 heavy (non-hydrogen) atoms. The van der Waals surface area contributed by atoms with Crippen molar-refractivity contribution in [2.45, 2.75) is 13.5 Å². The molecule has 0 saturated heterocycles. The second-order valence-electron chi connectivity index (χ2n) is 6.96. The van der Waals surface area contributed by atoms with Gasteiger partial charge in [-0.2, -0.15) is 5.10 Å². The highest BCUT2D eigenvalue weighted by Crippen LogP contribution is 2.38. The van der Waals surface area contributed by atoms with E-state index in [-0.39, 0.29) is 23.8 Å². The van der Waals surface area contributed by atoms with Gasteiger partial charge in [0.05, 0.1) is 28.5 Å². The number of rotatable bonds is 8. The van der Waals surface area contributed by atoms with Gasteiger partial charge in [-0.15, -0.1) is 0 Å². The Morgan fingerprint density at radius 1 is 1.19 bits per heavy atom. The molecule has 3 aromatic carbocycles. The smallest absolute Gasteiger partial charge is 0.315 e. The number of anilines is 1. The number of hydrogen-bond donors (Lipinski definition) is 1. The van der Waals surface area contributed by atoms with Gasteiger partial charge in [0, 0.05) is 11.6 Å². The van der Waals surface area contributed by atoms with Crippen LogP contribution >= 0.6 is 11.3 Å². The van der Waals surface area contributed by atoms with Crippen LogP contribution in [0.15, 0.2) is 65.8 Å². The Hall–Kier alpha value is -3.98. The summed E-state index contributed by atoms with van der Waals surface area (Å²) in [7, 11) is 1.44. The van der Waals surface area contributed by atoms with E-state index in [4.69, 9.17) is 9.47 Å². The zero-order valence-corrected chi connectivity index (χ0v) is 18.3. The number of benzene rings is 3. The fraction of sp³-hybridized carbons (Fsp3) is 0.130. The van der Waals surface area contributed by atoms with Crippen molar-refractivity contribution in [1.82, 2.24) is 4.98 Å². The average Bonchev–Trinajstić information content (AvgIpc) is 3.20. The van der Waals surface area contributed by atoms with Crippen LogP contribution in [0.5, 0.6) is 11.5 Å². The van der Waals surface area contributed by atoms with Gasteiger partial charge in [0.1, 0.15) is 6.61 Å². The number of nitrogens with one attached hydrogen (secondary N) is 1. The number of thiazole rings is 1. The maximum Gasteiger partial charge on any atom is 0.315 e. The Bertz CT molecular complexity index is 1270. The maximum absolute atomic E-state index is 11.7. The summed E-state index contributed by atoms with van der Waals surface area (Å²) >= 11 is 1.47. The number of para-hydroxylation sites is 1. The molecule has 0 fully saturated rings. The molecule has 1 aromatic heterocycles. The highest BCUT2D eigenvalue weighted by molar-refractivity contribution is 7.22. The van der Waals surface area contributed by atoms with Crippen LogP contribution in [0.4, 0.5) is 10.8 Å². The predicted molar refractivity (Wildman–Crippen MR) is 126 cm³/mol. The number of nitro benzene ring substituents is 1. The van der Waals surface area contributed by atoms with Crippen LogP contribution in [0.1, 0.15) is 16.7 Å². The van der Waals surface area contributed by atoms with Crippen molar-refractivity contribution in [2.24, 2.45) is 5.10 Å². The van der Waals surface area contributed by atoms with Gasteiger partial charge in [-0.1, -0.05) is 53.3 Å². The van der Waals surface area contributed by atoms with Gasteiger partial charge in [-0.05, 0) is 30.7 Å². The Balaban J connectivity index is 1.55. The zero-order chi connectivity index (χ0) is 22.5. The number of nitrogens with zero attached hydrogens (tertiary/aromatic N) is 3. The third-order valence-corrected chi connectivity index (χ3v) is 5.55. The lowest BCUT2D eigenvalue weighted by Gasteiger charge is -2.12. The van der Waals surface area contributed by atoms with E-state index >= 15 is 0 Å². The molecule has 0 spiro atoms. The van der Waals surface area contributed by atoms with Crippen molar-refractivity contribution >= 4 is 38.6 Å². The van der Waals surface area contributed by atoms with Crippen LogP contribution in [0, 0.1) is 17.0 Å².